The van der Waals surface area contributed by atoms with E-state index in [1.165, 1.54) is 0 Å². The number of sulfonamides is 1. The fourth-order valence-electron chi connectivity index (χ4n) is 1.08. The number of para-hydroxylation sites is 1. The zero-order valence-electron chi connectivity index (χ0n) is 9.82. The summed E-state index contributed by atoms with van der Waals surface area (Å²) in [5.74, 6) is 0. The molecule has 0 saturated carbocycles. The molecular weight excluding hydrogens is 224 g/mol. The van der Waals surface area contributed by atoms with Gasteiger partial charge in [0.15, 0.2) is 0 Å². The van der Waals surface area contributed by atoms with Crippen molar-refractivity contribution in [2.75, 3.05) is 5.73 Å². The van der Waals surface area contributed by atoms with Crippen LogP contribution < -0.4 is 10.5 Å². The smallest absolute Gasteiger partial charge is 0.216 e. The summed E-state index contributed by atoms with van der Waals surface area (Å²) in [6.45, 7) is 5.20. The number of nitrogens with one attached hydrogen (secondary N) is 1. The Balaban J connectivity index is 2.77. The maximum atomic E-state index is 11.8. The molecule has 4 nitrogen and oxygen atoms in total. The molecule has 0 heterocycles. The summed E-state index contributed by atoms with van der Waals surface area (Å²) < 4.78 is 25.3. The van der Waals surface area contributed by atoms with Gasteiger partial charge in [0, 0.05) is 12.2 Å². The van der Waals surface area contributed by atoms with Gasteiger partial charge < -0.3 is 5.73 Å². The van der Waals surface area contributed by atoms with E-state index >= 15 is 0 Å². The van der Waals surface area contributed by atoms with Crippen molar-refractivity contribution in [3.8, 4) is 0 Å². The molecule has 0 aliphatic rings. The van der Waals surface area contributed by atoms with Crippen LogP contribution in [0, 0.1) is 0 Å². The van der Waals surface area contributed by atoms with Crippen LogP contribution in [-0.2, 0) is 16.6 Å². The standard InChI is InChI=1S/C11H18N2O2S/c1-11(2,3)16(14,15)13-8-9-6-4-5-7-10(9)12/h4-7,13H,8,12H2,1-3H3. The van der Waals surface area contributed by atoms with Crippen molar-refractivity contribution in [3.63, 3.8) is 0 Å². The van der Waals surface area contributed by atoms with Gasteiger partial charge in [0.1, 0.15) is 0 Å². The number of hydrogen-bond donors (Lipinski definition) is 2. The maximum absolute atomic E-state index is 11.8. The molecule has 0 bridgehead atoms. The Hall–Kier alpha value is -1.07. The first-order valence-electron chi connectivity index (χ1n) is 5.06. The van der Waals surface area contributed by atoms with Crippen LogP contribution in [0.2, 0.25) is 0 Å². The summed E-state index contributed by atoms with van der Waals surface area (Å²) in [4.78, 5) is 0. The van der Waals surface area contributed by atoms with Crippen molar-refractivity contribution in [2.45, 2.75) is 32.1 Å². The van der Waals surface area contributed by atoms with Crippen LogP contribution in [0.3, 0.4) is 0 Å². The van der Waals surface area contributed by atoms with Gasteiger partial charge in [0.25, 0.3) is 0 Å². The van der Waals surface area contributed by atoms with Crippen LogP contribution in [0.4, 0.5) is 5.69 Å². The second kappa shape index (κ2) is 4.43. The van der Waals surface area contributed by atoms with E-state index in [1.807, 2.05) is 12.1 Å². The third-order valence-corrected chi connectivity index (χ3v) is 4.45. The lowest BCUT2D eigenvalue weighted by Gasteiger charge is -2.20. The molecule has 0 amide bonds. The molecule has 1 aromatic carbocycles. The molecule has 0 saturated heterocycles. The highest BCUT2D eigenvalue weighted by Gasteiger charge is 2.28. The Labute approximate surface area is 96.9 Å². The molecule has 5 heteroatoms. The molecule has 1 aromatic rings. The molecule has 3 N–H and O–H groups in total. The normalized spacial score (nSPS) is 12.7. The van der Waals surface area contributed by atoms with Crippen LogP contribution in [0.1, 0.15) is 26.3 Å². The van der Waals surface area contributed by atoms with Crippen molar-refractivity contribution < 1.29 is 8.42 Å². The molecule has 0 aliphatic carbocycles. The van der Waals surface area contributed by atoms with E-state index < -0.39 is 14.8 Å². The predicted molar refractivity (Wildman–Crippen MR) is 66.4 cm³/mol. The Kier molecular flexibility index (Phi) is 3.60. The Morgan fingerprint density at radius 2 is 1.81 bits per heavy atom. The zero-order chi connectivity index (χ0) is 12.4. The average Bonchev–Trinajstić information content (AvgIpc) is 2.15. The summed E-state index contributed by atoms with van der Waals surface area (Å²) in [5.41, 5.74) is 7.11. The quantitative estimate of drug-likeness (QED) is 0.789. The van der Waals surface area contributed by atoms with Crippen molar-refractivity contribution in [2.24, 2.45) is 0 Å². The second-order valence-corrected chi connectivity index (χ2v) is 7.16. The molecule has 0 aliphatic heterocycles. The van der Waals surface area contributed by atoms with Crippen LogP contribution in [0.5, 0.6) is 0 Å². The monoisotopic (exact) mass is 242 g/mol. The van der Waals surface area contributed by atoms with Gasteiger partial charge in [-0.1, -0.05) is 18.2 Å². The van der Waals surface area contributed by atoms with Crippen LogP contribution in [0.15, 0.2) is 24.3 Å². The van der Waals surface area contributed by atoms with Gasteiger partial charge in [0.05, 0.1) is 4.75 Å². The summed E-state index contributed by atoms with van der Waals surface area (Å²) in [5, 5.41) is 0. The number of anilines is 1. The summed E-state index contributed by atoms with van der Waals surface area (Å²) in [6, 6.07) is 7.20. The summed E-state index contributed by atoms with van der Waals surface area (Å²) >= 11 is 0. The van der Waals surface area contributed by atoms with Crippen molar-refractivity contribution in [3.05, 3.63) is 29.8 Å². The van der Waals surface area contributed by atoms with E-state index in [1.54, 1.807) is 32.9 Å². The minimum absolute atomic E-state index is 0.228. The Morgan fingerprint density at radius 1 is 1.25 bits per heavy atom. The van der Waals surface area contributed by atoms with Gasteiger partial charge in [0.2, 0.25) is 10.0 Å². The molecule has 0 aromatic heterocycles. The van der Waals surface area contributed by atoms with Gasteiger partial charge in [-0.25, -0.2) is 13.1 Å². The van der Waals surface area contributed by atoms with E-state index in [9.17, 15) is 8.42 Å². The first-order chi connectivity index (χ1) is 7.24. The van der Waals surface area contributed by atoms with Crippen LogP contribution >= 0.6 is 0 Å². The minimum atomic E-state index is -3.32. The molecule has 0 unspecified atom stereocenters. The first kappa shape index (κ1) is 13.0. The van der Waals surface area contributed by atoms with Gasteiger partial charge >= 0.3 is 0 Å². The highest BCUT2D eigenvalue weighted by Crippen LogP contribution is 2.15. The first-order valence-corrected chi connectivity index (χ1v) is 6.55. The Bertz CT molecular complexity index is 461. The molecule has 16 heavy (non-hydrogen) atoms. The van der Waals surface area contributed by atoms with Gasteiger partial charge in [-0.15, -0.1) is 0 Å². The highest BCUT2D eigenvalue weighted by atomic mass is 32.2. The molecule has 0 radical (unpaired) electrons. The van der Waals surface area contributed by atoms with E-state index in [4.69, 9.17) is 5.73 Å². The molecule has 90 valence electrons. The highest BCUT2D eigenvalue weighted by molar-refractivity contribution is 7.90. The number of rotatable bonds is 3. The lowest BCUT2D eigenvalue weighted by Crippen LogP contribution is -2.39. The predicted octanol–water partition coefficient (Wildman–Crippen LogP) is 1.49. The maximum Gasteiger partial charge on any atom is 0.216 e. The fourth-order valence-corrected chi connectivity index (χ4v) is 1.86. The van der Waals surface area contributed by atoms with Crippen molar-refractivity contribution >= 4 is 15.7 Å². The lowest BCUT2D eigenvalue weighted by atomic mass is 10.2. The van der Waals surface area contributed by atoms with Crippen molar-refractivity contribution in [1.82, 2.24) is 4.72 Å². The largest absolute Gasteiger partial charge is 0.398 e. The van der Waals surface area contributed by atoms with Crippen LogP contribution in [0.25, 0.3) is 0 Å². The lowest BCUT2D eigenvalue weighted by molar-refractivity contribution is 0.545. The van der Waals surface area contributed by atoms with E-state index in [0.29, 0.717) is 5.69 Å². The Morgan fingerprint density at radius 3 is 2.31 bits per heavy atom. The molecule has 0 atom stereocenters. The second-order valence-electron chi connectivity index (χ2n) is 4.64. The van der Waals surface area contributed by atoms with Crippen LogP contribution in [-0.4, -0.2) is 13.2 Å². The fraction of sp³-hybridized carbons (Fsp3) is 0.455. The van der Waals surface area contributed by atoms with Gasteiger partial charge in [-0.05, 0) is 32.4 Å². The number of nitrogens with two attached hydrogens (primary N) is 1. The number of benzene rings is 1. The third kappa shape index (κ3) is 2.96. The molecular formula is C11H18N2O2S. The molecule has 0 fully saturated rings. The number of nitrogen functional groups attached to an aromatic ring is 1. The van der Waals surface area contributed by atoms with Gasteiger partial charge in [-0.3, -0.25) is 0 Å². The summed E-state index contributed by atoms with van der Waals surface area (Å²) in [6.07, 6.45) is 0. The molecule has 0 spiro atoms. The minimum Gasteiger partial charge on any atom is -0.398 e. The van der Waals surface area contributed by atoms with Gasteiger partial charge in [-0.2, -0.15) is 0 Å². The van der Waals surface area contributed by atoms with E-state index in [0.717, 1.165) is 5.56 Å². The summed E-state index contributed by atoms with van der Waals surface area (Å²) in [7, 11) is -3.32. The third-order valence-electron chi connectivity index (χ3n) is 2.31. The number of hydrogen-bond acceptors (Lipinski definition) is 3. The average molecular weight is 242 g/mol. The van der Waals surface area contributed by atoms with Crippen molar-refractivity contribution in [1.29, 1.82) is 0 Å². The van der Waals surface area contributed by atoms with E-state index in [2.05, 4.69) is 4.72 Å². The zero-order valence-corrected chi connectivity index (χ0v) is 10.6. The molecule has 1 rings (SSSR count). The SMILES string of the molecule is CC(C)(C)S(=O)(=O)NCc1ccccc1N. The topological polar surface area (TPSA) is 72.2 Å². The van der Waals surface area contributed by atoms with E-state index in [-0.39, 0.29) is 6.54 Å².